The molecule has 1 unspecified atom stereocenters. The summed E-state index contributed by atoms with van der Waals surface area (Å²) in [4.78, 5) is 0. The molecule has 0 aromatic rings. The minimum Gasteiger partial charge on any atom is -0.327 e. The summed E-state index contributed by atoms with van der Waals surface area (Å²) >= 11 is 0. The van der Waals surface area contributed by atoms with Crippen LogP contribution in [0.5, 0.6) is 0 Å². The Morgan fingerprint density at radius 3 is 2.08 bits per heavy atom. The van der Waals surface area contributed by atoms with E-state index in [2.05, 4.69) is 34.6 Å². The van der Waals surface area contributed by atoms with E-state index in [0.29, 0.717) is 12.0 Å². The van der Waals surface area contributed by atoms with Crippen LogP contribution in [0.1, 0.15) is 60.3 Å². The summed E-state index contributed by atoms with van der Waals surface area (Å²) in [7, 11) is 0. The Morgan fingerprint density at radius 2 is 1.69 bits per heavy atom. The van der Waals surface area contributed by atoms with Crippen LogP contribution in [0.3, 0.4) is 0 Å². The largest absolute Gasteiger partial charge is 0.327 e. The van der Waals surface area contributed by atoms with E-state index in [1.54, 1.807) is 0 Å². The zero-order valence-corrected chi connectivity index (χ0v) is 10.1. The van der Waals surface area contributed by atoms with Crippen molar-refractivity contribution in [2.45, 2.75) is 66.3 Å². The van der Waals surface area contributed by atoms with Crippen LogP contribution in [0.25, 0.3) is 0 Å². The van der Waals surface area contributed by atoms with Gasteiger partial charge in [0, 0.05) is 6.04 Å². The Bertz CT molecular complexity index is 127. The second kappa shape index (κ2) is 5.64. The lowest BCUT2D eigenvalue weighted by molar-refractivity contribution is 0.184. The van der Waals surface area contributed by atoms with Gasteiger partial charge in [-0.05, 0) is 17.8 Å². The summed E-state index contributed by atoms with van der Waals surface area (Å²) in [5, 5.41) is 0. The van der Waals surface area contributed by atoms with Crippen molar-refractivity contribution in [3.05, 3.63) is 0 Å². The lowest BCUT2D eigenvalue weighted by Gasteiger charge is -2.35. The van der Waals surface area contributed by atoms with Crippen molar-refractivity contribution in [1.82, 2.24) is 0 Å². The van der Waals surface area contributed by atoms with Gasteiger partial charge in [-0.2, -0.15) is 0 Å². The zero-order valence-electron chi connectivity index (χ0n) is 10.1. The molecule has 0 radical (unpaired) electrons. The Balaban J connectivity index is 3.87. The van der Waals surface area contributed by atoms with E-state index in [-0.39, 0.29) is 5.41 Å². The van der Waals surface area contributed by atoms with Gasteiger partial charge in [0.1, 0.15) is 0 Å². The molecule has 0 aliphatic carbocycles. The van der Waals surface area contributed by atoms with Crippen molar-refractivity contribution in [1.29, 1.82) is 0 Å². The highest BCUT2D eigenvalue weighted by molar-refractivity contribution is 4.83. The second-order valence-electron chi connectivity index (χ2n) is 5.08. The molecule has 0 saturated carbocycles. The second-order valence-corrected chi connectivity index (χ2v) is 5.08. The predicted octanol–water partition coefficient (Wildman–Crippen LogP) is 3.58. The van der Waals surface area contributed by atoms with E-state index >= 15 is 0 Å². The Labute approximate surface area is 84.1 Å². The molecule has 0 fully saturated rings. The minimum absolute atomic E-state index is 0.285. The fraction of sp³-hybridized carbons (Fsp3) is 1.00. The third-order valence-corrected chi connectivity index (χ3v) is 3.56. The molecule has 2 N–H and O–H groups in total. The highest BCUT2D eigenvalue weighted by Crippen LogP contribution is 2.31. The van der Waals surface area contributed by atoms with Gasteiger partial charge in [0.25, 0.3) is 0 Å². The van der Waals surface area contributed by atoms with Crippen molar-refractivity contribution in [3.63, 3.8) is 0 Å². The maximum absolute atomic E-state index is 6.19. The van der Waals surface area contributed by atoms with Crippen molar-refractivity contribution in [2.75, 3.05) is 0 Å². The van der Waals surface area contributed by atoms with Gasteiger partial charge in [-0.15, -0.1) is 0 Å². The van der Waals surface area contributed by atoms with Gasteiger partial charge in [-0.1, -0.05) is 53.9 Å². The standard InChI is InChI=1S/C12H27N/c1-6-7-8-9-11(13)12(4,5)10(2)3/h10-11H,6-9,13H2,1-5H3. The molecule has 0 spiro atoms. The fourth-order valence-electron chi connectivity index (χ4n) is 1.41. The topological polar surface area (TPSA) is 26.0 Å². The predicted molar refractivity (Wildman–Crippen MR) is 60.7 cm³/mol. The molecule has 0 heterocycles. The monoisotopic (exact) mass is 185 g/mol. The van der Waals surface area contributed by atoms with Gasteiger partial charge in [-0.3, -0.25) is 0 Å². The van der Waals surface area contributed by atoms with Crippen LogP contribution in [-0.4, -0.2) is 6.04 Å². The summed E-state index contributed by atoms with van der Waals surface area (Å²) in [5.41, 5.74) is 6.48. The van der Waals surface area contributed by atoms with Gasteiger partial charge in [0.15, 0.2) is 0 Å². The van der Waals surface area contributed by atoms with Crippen molar-refractivity contribution < 1.29 is 0 Å². The molecule has 1 nitrogen and oxygen atoms in total. The third kappa shape index (κ3) is 4.12. The maximum Gasteiger partial charge on any atom is 0.00927 e. The van der Waals surface area contributed by atoms with Crippen LogP contribution in [-0.2, 0) is 0 Å². The van der Waals surface area contributed by atoms with Gasteiger partial charge in [0.05, 0.1) is 0 Å². The van der Waals surface area contributed by atoms with Crippen LogP contribution < -0.4 is 5.73 Å². The zero-order chi connectivity index (χ0) is 10.5. The van der Waals surface area contributed by atoms with Gasteiger partial charge in [-0.25, -0.2) is 0 Å². The number of unbranched alkanes of at least 4 members (excludes halogenated alkanes) is 2. The molecule has 13 heavy (non-hydrogen) atoms. The lowest BCUT2D eigenvalue weighted by atomic mass is 9.73. The van der Waals surface area contributed by atoms with Crippen molar-refractivity contribution in [2.24, 2.45) is 17.1 Å². The molecule has 0 bridgehead atoms. The lowest BCUT2D eigenvalue weighted by Crippen LogP contribution is -2.40. The molecule has 1 atom stereocenters. The quantitative estimate of drug-likeness (QED) is 0.629. The number of hydrogen-bond donors (Lipinski definition) is 1. The van der Waals surface area contributed by atoms with E-state index in [1.165, 1.54) is 25.7 Å². The SMILES string of the molecule is CCCCCC(N)C(C)(C)C(C)C. The molecule has 0 amide bonds. The van der Waals surface area contributed by atoms with Crippen molar-refractivity contribution >= 4 is 0 Å². The van der Waals surface area contributed by atoms with Crippen LogP contribution in [0.15, 0.2) is 0 Å². The summed E-state index contributed by atoms with van der Waals surface area (Å²) in [6.07, 6.45) is 5.07. The van der Waals surface area contributed by atoms with Gasteiger partial charge < -0.3 is 5.73 Å². The molecular formula is C12H27N. The fourth-order valence-corrected chi connectivity index (χ4v) is 1.41. The highest BCUT2D eigenvalue weighted by atomic mass is 14.7. The van der Waals surface area contributed by atoms with E-state index < -0.39 is 0 Å². The van der Waals surface area contributed by atoms with Crippen molar-refractivity contribution in [3.8, 4) is 0 Å². The van der Waals surface area contributed by atoms with Crippen LogP contribution in [0, 0.1) is 11.3 Å². The van der Waals surface area contributed by atoms with Gasteiger partial charge >= 0.3 is 0 Å². The molecule has 0 aromatic heterocycles. The molecular weight excluding hydrogens is 158 g/mol. The number of rotatable bonds is 6. The number of nitrogens with two attached hydrogens (primary N) is 1. The minimum atomic E-state index is 0.285. The summed E-state index contributed by atoms with van der Waals surface area (Å²) in [6.45, 7) is 11.3. The smallest absolute Gasteiger partial charge is 0.00927 e. The molecule has 0 aliphatic heterocycles. The van der Waals surface area contributed by atoms with E-state index in [1.807, 2.05) is 0 Å². The molecule has 1 heteroatoms. The average Bonchev–Trinajstić information content (AvgIpc) is 2.04. The molecule has 0 aliphatic rings. The Morgan fingerprint density at radius 1 is 1.15 bits per heavy atom. The molecule has 80 valence electrons. The maximum atomic E-state index is 6.19. The molecule has 0 aromatic carbocycles. The van der Waals surface area contributed by atoms with Crippen LogP contribution >= 0.6 is 0 Å². The first kappa shape index (κ1) is 13.0. The Hall–Kier alpha value is -0.0400. The highest BCUT2D eigenvalue weighted by Gasteiger charge is 2.28. The average molecular weight is 185 g/mol. The van der Waals surface area contributed by atoms with E-state index in [4.69, 9.17) is 5.73 Å². The van der Waals surface area contributed by atoms with Gasteiger partial charge in [0.2, 0.25) is 0 Å². The summed E-state index contributed by atoms with van der Waals surface area (Å²) in [5.74, 6) is 0.670. The summed E-state index contributed by atoms with van der Waals surface area (Å²) in [6, 6.07) is 0.360. The third-order valence-electron chi connectivity index (χ3n) is 3.56. The first-order valence-corrected chi connectivity index (χ1v) is 5.68. The van der Waals surface area contributed by atoms with Crippen LogP contribution in [0.2, 0.25) is 0 Å². The Kier molecular flexibility index (Phi) is 5.62. The number of hydrogen-bond acceptors (Lipinski definition) is 1. The summed E-state index contributed by atoms with van der Waals surface area (Å²) < 4.78 is 0. The molecule has 0 saturated heterocycles. The normalized spacial score (nSPS) is 15.0. The van der Waals surface area contributed by atoms with Crippen LogP contribution in [0.4, 0.5) is 0 Å². The first-order valence-electron chi connectivity index (χ1n) is 5.68. The molecule has 0 rings (SSSR count). The first-order chi connectivity index (χ1) is 5.92. The van der Waals surface area contributed by atoms with E-state index in [0.717, 1.165) is 0 Å². The van der Waals surface area contributed by atoms with E-state index in [9.17, 15) is 0 Å².